The Hall–Kier alpha value is -0.905. The second-order valence-electron chi connectivity index (χ2n) is 4.49. The lowest BCUT2D eigenvalue weighted by Gasteiger charge is -2.37. The quantitative estimate of drug-likeness (QED) is 0.444. The van der Waals surface area contributed by atoms with Gasteiger partial charge in [0.15, 0.2) is 5.79 Å². The zero-order chi connectivity index (χ0) is 11.8. The molecule has 1 aromatic rings. The van der Waals surface area contributed by atoms with Crippen LogP contribution in [-0.2, 0) is 5.60 Å². The minimum atomic E-state index is -1.65. The molecule has 0 amide bonds. The number of rotatable bonds is 1. The summed E-state index contributed by atoms with van der Waals surface area (Å²) in [4.78, 5) is 4.08. The van der Waals surface area contributed by atoms with E-state index in [-0.39, 0.29) is 27.1 Å². The number of hydrogen-bond acceptors (Lipinski definition) is 4. The van der Waals surface area contributed by atoms with Crippen LogP contribution in [0.15, 0.2) is 18.3 Å². The monoisotopic (exact) mass is 221 g/mol. The maximum absolute atomic E-state index is 10.3. The largest absolute Gasteiger partial charge is 0.384 e. The van der Waals surface area contributed by atoms with Gasteiger partial charge < -0.3 is 15.3 Å². The normalized spacial score (nSPS) is 22.9. The van der Waals surface area contributed by atoms with Crippen molar-refractivity contribution in [2.24, 2.45) is 0 Å². The summed E-state index contributed by atoms with van der Waals surface area (Å²) < 4.78 is 0. The van der Waals surface area contributed by atoms with Crippen molar-refractivity contribution in [1.29, 1.82) is 0 Å². The van der Waals surface area contributed by atoms with Crippen LogP contribution < -0.4 is 5.46 Å². The van der Waals surface area contributed by atoms with Crippen LogP contribution in [0, 0.1) is 0 Å². The van der Waals surface area contributed by atoms with Gasteiger partial charge >= 0.3 is 0 Å². The maximum Gasteiger partial charge on any atom is 0.162 e. The van der Waals surface area contributed by atoms with Crippen LogP contribution in [0.4, 0.5) is 0 Å². The molecule has 4 nitrogen and oxygen atoms in total. The Morgan fingerprint density at radius 3 is 2.25 bits per heavy atom. The molecule has 1 aromatic heterocycles. The van der Waals surface area contributed by atoms with Gasteiger partial charge in [0.25, 0.3) is 0 Å². The fourth-order valence-electron chi connectivity index (χ4n) is 2.00. The van der Waals surface area contributed by atoms with Gasteiger partial charge in [-0.2, -0.15) is 0 Å². The van der Waals surface area contributed by atoms with Crippen molar-refractivity contribution in [3.63, 3.8) is 0 Å². The van der Waals surface area contributed by atoms with Crippen molar-refractivity contribution in [3.8, 4) is 0 Å². The summed E-state index contributed by atoms with van der Waals surface area (Å²) in [6, 6.07) is 3.36. The van der Waals surface area contributed by atoms with E-state index in [0.29, 0.717) is 11.2 Å². The van der Waals surface area contributed by atoms with Gasteiger partial charge in [0, 0.05) is 20.5 Å². The Morgan fingerprint density at radius 2 is 1.75 bits per heavy atom. The molecule has 1 aliphatic carbocycles. The van der Waals surface area contributed by atoms with Crippen molar-refractivity contribution >= 4 is 13.3 Å². The van der Waals surface area contributed by atoms with Crippen LogP contribution in [0.2, 0.25) is 0 Å². The topological polar surface area (TPSA) is 73.6 Å². The molecule has 1 heterocycles. The molecule has 5 heteroatoms. The number of aromatic nitrogens is 1. The summed E-state index contributed by atoms with van der Waals surface area (Å²) in [6.45, 7) is 0. The lowest BCUT2D eigenvalue weighted by atomic mass is 9.79. The zero-order valence-corrected chi connectivity index (χ0v) is 8.93. The van der Waals surface area contributed by atoms with E-state index < -0.39 is 11.4 Å². The van der Waals surface area contributed by atoms with E-state index in [2.05, 4.69) is 4.98 Å². The molecule has 1 fully saturated rings. The summed E-state index contributed by atoms with van der Waals surface area (Å²) >= 11 is 0. The molecule has 1 saturated carbocycles. The smallest absolute Gasteiger partial charge is 0.162 e. The van der Waals surface area contributed by atoms with Crippen LogP contribution >= 0.6 is 0 Å². The Morgan fingerprint density at radius 1 is 1.12 bits per heavy atom. The highest BCUT2D eigenvalue weighted by atomic mass is 16.5. The summed E-state index contributed by atoms with van der Waals surface area (Å²) in [5, 5.41) is 29.1. The average molecular weight is 221 g/mol. The molecule has 0 spiro atoms. The molecule has 0 unspecified atom stereocenters. The first-order valence-corrected chi connectivity index (χ1v) is 5.30. The SMILES string of the molecule is [B]c1ccc(C2(O)CCC(O)(O)CC2)nc1.[HH]. The van der Waals surface area contributed by atoms with Gasteiger partial charge in [-0.25, -0.2) is 0 Å². The Bertz CT molecular complexity index is 373. The molecule has 0 atom stereocenters. The van der Waals surface area contributed by atoms with Gasteiger partial charge in [-0.15, -0.1) is 0 Å². The third-order valence-electron chi connectivity index (χ3n) is 3.14. The lowest BCUT2D eigenvalue weighted by molar-refractivity contribution is -0.208. The van der Waals surface area contributed by atoms with E-state index in [0.717, 1.165) is 0 Å². The van der Waals surface area contributed by atoms with Crippen LogP contribution in [0.1, 0.15) is 32.8 Å². The maximum atomic E-state index is 10.3. The summed E-state index contributed by atoms with van der Waals surface area (Å²) in [5.41, 5.74) is 0.0156. The van der Waals surface area contributed by atoms with Gasteiger partial charge in [0.2, 0.25) is 0 Å². The fraction of sp³-hybridized carbons (Fsp3) is 0.545. The van der Waals surface area contributed by atoms with Crippen molar-refractivity contribution in [1.82, 2.24) is 4.98 Å². The summed E-state index contributed by atoms with van der Waals surface area (Å²) in [6.07, 6.45) is 2.37. The van der Waals surface area contributed by atoms with E-state index in [4.69, 9.17) is 7.85 Å². The van der Waals surface area contributed by atoms with E-state index in [9.17, 15) is 15.3 Å². The summed E-state index contributed by atoms with van der Waals surface area (Å²) in [5.74, 6) is -1.65. The predicted octanol–water partition coefficient (Wildman–Crippen LogP) is -0.436. The second kappa shape index (κ2) is 3.84. The number of nitrogens with zero attached hydrogens (tertiary/aromatic N) is 1. The van der Waals surface area contributed by atoms with E-state index >= 15 is 0 Å². The number of aliphatic hydroxyl groups is 3. The van der Waals surface area contributed by atoms with E-state index in [1.807, 2.05) is 0 Å². The average Bonchev–Trinajstić information content (AvgIpc) is 2.24. The fourth-order valence-corrected chi connectivity index (χ4v) is 2.00. The van der Waals surface area contributed by atoms with Crippen LogP contribution in [0.3, 0.4) is 0 Å². The highest BCUT2D eigenvalue weighted by Gasteiger charge is 2.41. The minimum Gasteiger partial charge on any atom is -0.384 e. The van der Waals surface area contributed by atoms with E-state index in [1.165, 1.54) is 6.20 Å². The molecule has 0 aliphatic heterocycles. The Kier molecular flexibility index (Phi) is 2.78. The molecule has 86 valence electrons. The molecule has 0 bridgehead atoms. The van der Waals surface area contributed by atoms with Crippen molar-refractivity contribution in [3.05, 3.63) is 24.0 Å². The van der Waals surface area contributed by atoms with Crippen molar-refractivity contribution < 1.29 is 16.7 Å². The second-order valence-corrected chi connectivity index (χ2v) is 4.49. The van der Waals surface area contributed by atoms with Gasteiger partial charge in [-0.05, 0) is 18.9 Å². The van der Waals surface area contributed by atoms with Crippen LogP contribution in [0.5, 0.6) is 0 Å². The van der Waals surface area contributed by atoms with Crippen LogP contribution in [0.25, 0.3) is 0 Å². The van der Waals surface area contributed by atoms with Gasteiger partial charge in [0.05, 0.1) is 5.69 Å². The number of hydrogen-bond donors (Lipinski definition) is 3. The first-order valence-electron chi connectivity index (χ1n) is 5.30. The Labute approximate surface area is 96.9 Å². The molecule has 2 rings (SSSR count). The lowest BCUT2D eigenvalue weighted by Crippen LogP contribution is -2.41. The summed E-state index contributed by atoms with van der Waals surface area (Å²) in [7, 11) is 5.52. The molecule has 16 heavy (non-hydrogen) atoms. The highest BCUT2D eigenvalue weighted by Crippen LogP contribution is 2.39. The van der Waals surface area contributed by atoms with Crippen LogP contribution in [-0.4, -0.2) is 33.9 Å². The first kappa shape index (κ1) is 11.6. The molecule has 3 N–H and O–H groups in total. The van der Waals surface area contributed by atoms with E-state index in [1.54, 1.807) is 12.1 Å². The molecule has 2 radical (unpaired) electrons. The van der Waals surface area contributed by atoms with Gasteiger partial charge in [-0.3, -0.25) is 4.98 Å². The molecule has 0 saturated heterocycles. The third-order valence-corrected chi connectivity index (χ3v) is 3.14. The molecule has 1 aliphatic rings. The van der Waals surface area contributed by atoms with Crippen molar-refractivity contribution in [2.75, 3.05) is 0 Å². The standard InChI is InChI=1S/C11H14BNO3.H2/c12-8-1-2-9(13-7-8)10(14)3-5-11(15,16)6-4-10;/h1-2,7,14-16H,3-6H2;1H. The molecular formula is C11H16BNO3. The Balaban J connectivity index is 0.00000144. The predicted molar refractivity (Wildman–Crippen MR) is 61.3 cm³/mol. The van der Waals surface area contributed by atoms with Crippen molar-refractivity contribution in [2.45, 2.75) is 37.1 Å². The number of pyridine rings is 1. The zero-order valence-electron chi connectivity index (χ0n) is 8.93. The highest BCUT2D eigenvalue weighted by molar-refractivity contribution is 6.32. The molecule has 0 aromatic carbocycles. The van der Waals surface area contributed by atoms with Gasteiger partial charge in [-0.1, -0.05) is 11.5 Å². The first-order chi connectivity index (χ1) is 7.41. The molecular weight excluding hydrogens is 205 g/mol. The third kappa shape index (κ3) is 2.26. The minimum absolute atomic E-state index is 0. The van der Waals surface area contributed by atoms with Gasteiger partial charge in [0.1, 0.15) is 13.4 Å².